The topological polar surface area (TPSA) is 15.7 Å². The quantitative estimate of drug-likeness (QED) is 0.846. The second-order valence-corrected chi connectivity index (χ2v) is 6.94. The lowest BCUT2D eigenvalue weighted by Crippen LogP contribution is -2.49. The van der Waals surface area contributed by atoms with Crippen molar-refractivity contribution in [3.63, 3.8) is 0 Å². The molecule has 0 saturated carbocycles. The van der Waals surface area contributed by atoms with Crippen molar-refractivity contribution in [3.8, 4) is 5.75 Å². The molecule has 0 aliphatic carbocycles. The van der Waals surface area contributed by atoms with Gasteiger partial charge in [0.1, 0.15) is 23.5 Å². The Morgan fingerprint density at radius 1 is 0.960 bits per heavy atom. The molecule has 2 aliphatic heterocycles. The summed E-state index contributed by atoms with van der Waals surface area (Å²) in [5.41, 5.74) is 1.14. The molecule has 2 saturated heterocycles. The van der Waals surface area contributed by atoms with Crippen LogP contribution in [0.15, 0.2) is 48.5 Å². The summed E-state index contributed by atoms with van der Waals surface area (Å²) < 4.78 is 32.3. The Morgan fingerprint density at radius 3 is 2.60 bits per heavy atom. The molecule has 0 unspecified atom stereocenters. The molecule has 2 heterocycles. The summed E-state index contributed by atoms with van der Waals surface area (Å²) in [6.45, 7) is 4.74. The van der Waals surface area contributed by atoms with Gasteiger partial charge in [0.15, 0.2) is 0 Å². The summed E-state index contributed by atoms with van der Waals surface area (Å²) in [4.78, 5) is 4.88. The predicted octanol–water partition coefficient (Wildman–Crippen LogP) is 3.30. The molecule has 2 aliphatic rings. The first-order valence-electron chi connectivity index (χ1n) is 8.79. The Labute approximate surface area is 146 Å². The lowest BCUT2D eigenvalue weighted by molar-refractivity contribution is 0.0978. The van der Waals surface area contributed by atoms with Crippen LogP contribution in [0.4, 0.5) is 8.78 Å². The molecule has 132 valence electrons. The van der Waals surface area contributed by atoms with Gasteiger partial charge in [-0.3, -0.25) is 9.80 Å². The molecular weight excluding hydrogens is 322 g/mol. The van der Waals surface area contributed by atoms with E-state index in [0.717, 1.165) is 44.7 Å². The number of halogens is 2. The van der Waals surface area contributed by atoms with Crippen LogP contribution in [-0.2, 0) is 6.54 Å². The zero-order chi connectivity index (χ0) is 17.2. The normalized spacial score (nSPS) is 24.2. The molecule has 0 N–H and O–H groups in total. The van der Waals surface area contributed by atoms with Crippen LogP contribution in [0, 0.1) is 11.6 Å². The number of rotatable bonds is 4. The lowest BCUT2D eigenvalue weighted by Gasteiger charge is -2.37. The van der Waals surface area contributed by atoms with E-state index in [0.29, 0.717) is 11.8 Å². The van der Waals surface area contributed by atoms with Crippen molar-refractivity contribution < 1.29 is 13.5 Å². The molecule has 2 aromatic rings. The highest BCUT2D eigenvalue weighted by molar-refractivity contribution is 5.23. The molecule has 3 nitrogen and oxygen atoms in total. The fraction of sp³-hybridized carbons (Fsp3) is 0.400. The summed E-state index contributed by atoms with van der Waals surface area (Å²) in [5, 5.41) is 0. The van der Waals surface area contributed by atoms with Crippen LogP contribution in [0.5, 0.6) is 5.75 Å². The minimum atomic E-state index is -0.265. The van der Waals surface area contributed by atoms with E-state index in [9.17, 15) is 8.78 Å². The number of hydrogen-bond acceptors (Lipinski definition) is 3. The van der Waals surface area contributed by atoms with Crippen LogP contribution in [0.3, 0.4) is 0 Å². The highest BCUT2D eigenvalue weighted by Gasteiger charge is 2.37. The molecular formula is C20H22F2N2O. The van der Waals surface area contributed by atoms with Crippen molar-refractivity contribution in [1.82, 2.24) is 9.80 Å². The molecule has 0 aromatic heterocycles. The fourth-order valence-corrected chi connectivity index (χ4v) is 3.87. The largest absolute Gasteiger partial charge is 0.489 e. The van der Waals surface area contributed by atoms with Gasteiger partial charge >= 0.3 is 0 Å². The molecule has 5 heteroatoms. The average molecular weight is 344 g/mol. The first kappa shape index (κ1) is 16.5. The molecule has 0 radical (unpaired) electrons. The Morgan fingerprint density at radius 2 is 1.80 bits per heavy atom. The van der Waals surface area contributed by atoms with E-state index in [1.54, 1.807) is 12.1 Å². The van der Waals surface area contributed by atoms with E-state index >= 15 is 0 Å². The van der Waals surface area contributed by atoms with Crippen molar-refractivity contribution in [2.24, 2.45) is 0 Å². The van der Waals surface area contributed by atoms with Crippen LogP contribution in [-0.4, -0.2) is 48.1 Å². The molecule has 4 rings (SSSR count). The maximum atomic E-state index is 13.3. The summed E-state index contributed by atoms with van der Waals surface area (Å²) >= 11 is 0. The zero-order valence-corrected chi connectivity index (χ0v) is 14.1. The van der Waals surface area contributed by atoms with E-state index in [-0.39, 0.29) is 17.7 Å². The maximum absolute atomic E-state index is 13.3. The van der Waals surface area contributed by atoms with Gasteiger partial charge in [-0.05, 0) is 29.8 Å². The third-order valence-electron chi connectivity index (χ3n) is 5.08. The van der Waals surface area contributed by atoms with Crippen molar-refractivity contribution in [1.29, 1.82) is 0 Å². The molecule has 0 bridgehead atoms. The average Bonchev–Trinajstić information content (AvgIpc) is 2.98. The van der Waals surface area contributed by atoms with Gasteiger partial charge in [0.05, 0.1) is 0 Å². The van der Waals surface area contributed by atoms with Crippen LogP contribution in [0.25, 0.3) is 0 Å². The summed E-state index contributed by atoms with van der Waals surface area (Å²) in [5.74, 6) is 0.147. The van der Waals surface area contributed by atoms with Gasteiger partial charge in [0, 0.05) is 51.3 Å². The highest BCUT2D eigenvalue weighted by atomic mass is 19.1. The van der Waals surface area contributed by atoms with Crippen LogP contribution in [0.1, 0.15) is 12.0 Å². The maximum Gasteiger partial charge on any atom is 0.126 e. The standard InChI is InChI=1S/C20H22F2N2O/c21-16-6-4-15(5-7-16)12-23-8-9-24-14-20(11-18(24)13-23)25-19-3-1-2-17(22)10-19/h1-7,10,18,20H,8-9,11-14H2/t18-,20+/m0/s1. The molecule has 2 aromatic carbocycles. The van der Waals surface area contributed by atoms with E-state index in [1.807, 2.05) is 12.1 Å². The molecule has 2 atom stereocenters. The van der Waals surface area contributed by atoms with E-state index in [1.165, 1.54) is 24.3 Å². The number of nitrogens with zero attached hydrogens (tertiary/aromatic N) is 2. The van der Waals surface area contributed by atoms with Crippen LogP contribution < -0.4 is 4.74 Å². The smallest absolute Gasteiger partial charge is 0.126 e. The van der Waals surface area contributed by atoms with E-state index in [4.69, 9.17) is 4.74 Å². The third-order valence-corrected chi connectivity index (χ3v) is 5.08. The molecule has 0 spiro atoms. The number of benzene rings is 2. The monoisotopic (exact) mass is 344 g/mol. The van der Waals surface area contributed by atoms with Crippen LogP contribution in [0.2, 0.25) is 0 Å². The van der Waals surface area contributed by atoms with Crippen LogP contribution >= 0.6 is 0 Å². The fourth-order valence-electron chi connectivity index (χ4n) is 3.87. The Kier molecular flexibility index (Phi) is 4.68. The van der Waals surface area contributed by atoms with Crippen molar-refractivity contribution in [2.75, 3.05) is 26.2 Å². The van der Waals surface area contributed by atoms with Gasteiger partial charge < -0.3 is 4.74 Å². The molecule has 0 amide bonds. The van der Waals surface area contributed by atoms with Gasteiger partial charge in [-0.15, -0.1) is 0 Å². The predicted molar refractivity (Wildman–Crippen MR) is 92.5 cm³/mol. The highest BCUT2D eigenvalue weighted by Crippen LogP contribution is 2.26. The van der Waals surface area contributed by atoms with Gasteiger partial charge in [-0.2, -0.15) is 0 Å². The van der Waals surface area contributed by atoms with Crippen molar-refractivity contribution in [2.45, 2.75) is 25.1 Å². The van der Waals surface area contributed by atoms with Gasteiger partial charge in [0.2, 0.25) is 0 Å². The van der Waals surface area contributed by atoms with Crippen molar-refractivity contribution >= 4 is 0 Å². The second-order valence-electron chi connectivity index (χ2n) is 6.94. The minimum absolute atomic E-state index is 0.109. The zero-order valence-electron chi connectivity index (χ0n) is 14.1. The number of ether oxygens (including phenoxy) is 1. The second kappa shape index (κ2) is 7.10. The first-order chi connectivity index (χ1) is 12.2. The van der Waals surface area contributed by atoms with E-state index < -0.39 is 0 Å². The first-order valence-corrected chi connectivity index (χ1v) is 8.79. The lowest BCUT2D eigenvalue weighted by atomic mass is 10.1. The third kappa shape index (κ3) is 3.99. The number of hydrogen-bond donors (Lipinski definition) is 0. The Hall–Kier alpha value is -1.98. The minimum Gasteiger partial charge on any atom is -0.489 e. The van der Waals surface area contributed by atoms with Gasteiger partial charge in [-0.1, -0.05) is 18.2 Å². The SMILES string of the molecule is Fc1ccc(CN2CCN3C[C@H](Oc4cccc(F)c4)C[C@H]3C2)cc1. The summed E-state index contributed by atoms with van der Waals surface area (Å²) in [6, 6.07) is 13.6. The summed E-state index contributed by atoms with van der Waals surface area (Å²) in [7, 11) is 0. The summed E-state index contributed by atoms with van der Waals surface area (Å²) in [6.07, 6.45) is 1.06. The van der Waals surface area contributed by atoms with Gasteiger partial charge in [0.25, 0.3) is 0 Å². The Bertz CT molecular complexity index is 722. The number of fused-ring (bicyclic) bond motifs is 1. The Balaban J connectivity index is 1.33. The van der Waals surface area contributed by atoms with E-state index in [2.05, 4.69) is 9.80 Å². The van der Waals surface area contributed by atoms with Crippen molar-refractivity contribution in [3.05, 3.63) is 65.7 Å². The molecule has 25 heavy (non-hydrogen) atoms. The van der Waals surface area contributed by atoms with Gasteiger partial charge in [-0.25, -0.2) is 8.78 Å². The number of piperazine rings is 1. The molecule has 2 fully saturated rings.